The minimum absolute atomic E-state index is 0.108. The molecular formula is C15H25N3O4S2. The van der Waals surface area contributed by atoms with Crippen molar-refractivity contribution >= 4 is 20.0 Å². The van der Waals surface area contributed by atoms with Gasteiger partial charge in [-0.3, -0.25) is 0 Å². The van der Waals surface area contributed by atoms with Crippen molar-refractivity contribution in [3.63, 3.8) is 0 Å². The third-order valence-corrected chi connectivity index (χ3v) is 7.35. The lowest BCUT2D eigenvalue weighted by Gasteiger charge is -2.31. The number of nitrogens with zero attached hydrogens (tertiary/aromatic N) is 2. The van der Waals surface area contributed by atoms with E-state index in [0.717, 1.165) is 5.56 Å². The normalized spacial score (nSPS) is 17.9. The Morgan fingerprint density at radius 1 is 1.04 bits per heavy atom. The Morgan fingerprint density at radius 3 is 2.29 bits per heavy atom. The molecule has 0 unspecified atom stereocenters. The second-order valence-electron chi connectivity index (χ2n) is 6.10. The van der Waals surface area contributed by atoms with Crippen molar-refractivity contribution in [1.82, 2.24) is 13.9 Å². The van der Waals surface area contributed by atoms with E-state index in [1.807, 2.05) is 26.1 Å². The first-order valence-electron chi connectivity index (χ1n) is 7.88. The predicted molar refractivity (Wildman–Crippen MR) is 94.7 cm³/mol. The number of hydrogen-bond donors (Lipinski definition) is 1. The van der Waals surface area contributed by atoms with Crippen molar-refractivity contribution in [3.05, 3.63) is 35.4 Å². The monoisotopic (exact) mass is 375 g/mol. The van der Waals surface area contributed by atoms with Gasteiger partial charge in [0.15, 0.2) is 0 Å². The summed E-state index contributed by atoms with van der Waals surface area (Å²) in [4.78, 5) is 2.07. The largest absolute Gasteiger partial charge is 0.304 e. The van der Waals surface area contributed by atoms with Gasteiger partial charge in [-0.05, 0) is 25.1 Å². The molecule has 1 heterocycles. The minimum atomic E-state index is -3.56. The smallest absolute Gasteiger partial charge is 0.215 e. The Labute approximate surface area is 144 Å². The van der Waals surface area contributed by atoms with Gasteiger partial charge in [0.05, 0.1) is 11.5 Å². The van der Waals surface area contributed by atoms with Crippen LogP contribution in [-0.2, 0) is 25.8 Å². The van der Waals surface area contributed by atoms with Crippen molar-refractivity contribution in [2.75, 3.05) is 45.5 Å². The SMILES string of the molecule is Cc1ccccc1CS(=O)(=O)NCCS(=O)(=O)N1CCN(C)CC1. The second-order valence-corrected chi connectivity index (χ2v) is 9.99. The van der Waals surface area contributed by atoms with Gasteiger partial charge in [-0.15, -0.1) is 0 Å². The average molecular weight is 376 g/mol. The molecule has 0 aromatic heterocycles. The minimum Gasteiger partial charge on any atom is -0.304 e. The first-order valence-corrected chi connectivity index (χ1v) is 11.1. The van der Waals surface area contributed by atoms with Gasteiger partial charge in [0.25, 0.3) is 0 Å². The van der Waals surface area contributed by atoms with Gasteiger partial charge < -0.3 is 4.90 Å². The molecule has 1 aromatic rings. The molecule has 0 saturated carbocycles. The summed E-state index contributed by atoms with van der Waals surface area (Å²) in [5.74, 6) is -0.363. The summed E-state index contributed by atoms with van der Waals surface area (Å²) >= 11 is 0. The second kappa shape index (κ2) is 7.92. The Bertz CT molecular complexity index is 755. The maximum absolute atomic E-state index is 12.3. The fourth-order valence-electron chi connectivity index (χ4n) is 2.55. The Morgan fingerprint density at radius 2 is 1.67 bits per heavy atom. The Hall–Kier alpha value is -1.00. The molecule has 0 bridgehead atoms. The number of rotatable bonds is 7. The molecule has 0 spiro atoms. The van der Waals surface area contributed by atoms with Gasteiger partial charge in [-0.2, -0.15) is 4.31 Å². The van der Waals surface area contributed by atoms with Crippen LogP contribution in [0.3, 0.4) is 0 Å². The molecule has 24 heavy (non-hydrogen) atoms. The van der Waals surface area contributed by atoms with Crippen LogP contribution in [0.2, 0.25) is 0 Å². The highest BCUT2D eigenvalue weighted by Crippen LogP contribution is 2.11. The number of aryl methyl sites for hydroxylation is 1. The highest BCUT2D eigenvalue weighted by Gasteiger charge is 2.25. The van der Waals surface area contributed by atoms with Gasteiger partial charge in [0, 0.05) is 32.7 Å². The van der Waals surface area contributed by atoms with Gasteiger partial charge >= 0.3 is 0 Å². The van der Waals surface area contributed by atoms with Gasteiger partial charge in [0.1, 0.15) is 0 Å². The summed E-state index contributed by atoms with van der Waals surface area (Å²) in [5, 5.41) is 0. The number of piperazine rings is 1. The van der Waals surface area contributed by atoms with Crippen LogP contribution in [0.1, 0.15) is 11.1 Å². The van der Waals surface area contributed by atoms with Crippen LogP contribution in [0, 0.1) is 6.92 Å². The maximum Gasteiger partial charge on any atom is 0.215 e. The van der Waals surface area contributed by atoms with Gasteiger partial charge in [-0.1, -0.05) is 24.3 Å². The summed E-state index contributed by atoms with van der Waals surface area (Å²) in [6, 6.07) is 7.25. The molecule has 1 saturated heterocycles. The topological polar surface area (TPSA) is 86.8 Å². The molecule has 1 aromatic carbocycles. The van der Waals surface area contributed by atoms with E-state index < -0.39 is 20.0 Å². The van der Waals surface area contributed by atoms with Crippen LogP contribution < -0.4 is 4.72 Å². The number of hydrogen-bond acceptors (Lipinski definition) is 5. The first kappa shape index (κ1) is 19.3. The van der Waals surface area contributed by atoms with E-state index in [1.165, 1.54) is 4.31 Å². The summed E-state index contributed by atoms with van der Waals surface area (Å²) in [6.45, 7) is 4.03. The van der Waals surface area contributed by atoms with Gasteiger partial charge in [0.2, 0.25) is 20.0 Å². The zero-order valence-corrected chi connectivity index (χ0v) is 15.7. The van der Waals surface area contributed by atoms with Crippen LogP contribution in [0.15, 0.2) is 24.3 Å². The summed E-state index contributed by atoms with van der Waals surface area (Å²) in [7, 11) is -5.04. The molecule has 2 rings (SSSR count). The zero-order chi connectivity index (χ0) is 17.8. The van der Waals surface area contributed by atoms with E-state index in [-0.39, 0.29) is 18.1 Å². The molecule has 0 atom stereocenters. The fraction of sp³-hybridized carbons (Fsp3) is 0.600. The molecule has 1 fully saturated rings. The van der Waals surface area contributed by atoms with Crippen LogP contribution in [0.5, 0.6) is 0 Å². The molecule has 9 heteroatoms. The molecule has 0 radical (unpaired) electrons. The number of sulfonamides is 2. The number of benzene rings is 1. The third-order valence-electron chi connectivity index (χ3n) is 4.14. The van der Waals surface area contributed by atoms with E-state index in [9.17, 15) is 16.8 Å². The number of likely N-dealkylation sites (N-methyl/N-ethyl adjacent to an activating group) is 1. The van der Waals surface area contributed by atoms with Crippen molar-refractivity contribution in [2.24, 2.45) is 0 Å². The summed E-state index contributed by atoms with van der Waals surface area (Å²) in [5.41, 5.74) is 1.61. The lowest BCUT2D eigenvalue weighted by molar-refractivity contribution is 0.222. The highest BCUT2D eigenvalue weighted by molar-refractivity contribution is 7.89. The molecule has 1 aliphatic heterocycles. The van der Waals surface area contributed by atoms with Crippen LogP contribution >= 0.6 is 0 Å². The highest BCUT2D eigenvalue weighted by atomic mass is 32.2. The summed E-state index contributed by atoms with van der Waals surface area (Å²) in [6.07, 6.45) is 0. The maximum atomic E-state index is 12.3. The van der Waals surface area contributed by atoms with E-state index in [0.29, 0.717) is 31.7 Å². The van der Waals surface area contributed by atoms with Crippen LogP contribution in [-0.4, -0.2) is 71.6 Å². The van der Waals surface area contributed by atoms with Crippen molar-refractivity contribution < 1.29 is 16.8 Å². The molecule has 1 aliphatic rings. The molecule has 0 amide bonds. The molecular weight excluding hydrogens is 350 g/mol. The Balaban J connectivity index is 1.87. The van der Waals surface area contributed by atoms with Crippen LogP contribution in [0.25, 0.3) is 0 Å². The summed E-state index contributed by atoms with van der Waals surface area (Å²) < 4.78 is 52.6. The lowest BCUT2D eigenvalue weighted by atomic mass is 10.1. The molecule has 0 aliphatic carbocycles. The zero-order valence-electron chi connectivity index (χ0n) is 14.1. The van der Waals surface area contributed by atoms with Crippen LogP contribution in [0.4, 0.5) is 0 Å². The number of nitrogens with one attached hydrogen (secondary N) is 1. The van der Waals surface area contributed by atoms with Crippen molar-refractivity contribution in [3.8, 4) is 0 Å². The van der Waals surface area contributed by atoms with E-state index in [4.69, 9.17) is 0 Å². The quantitative estimate of drug-likeness (QED) is 0.724. The van der Waals surface area contributed by atoms with E-state index in [2.05, 4.69) is 9.62 Å². The van der Waals surface area contributed by atoms with E-state index in [1.54, 1.807) is 12.1 Å². The van der Waals surface area contributed by atoms with Gasteiger partial charge in [-0.25, -0.2) is 21.6 Å². The van der Waals surface area contributed by atoms with Crippen molar-refractivity contribution in [1.29, 1.82) is 0 Å². The standard InChI is InChI=1S/C15H25N3O4S2/c1-14-5-3-4-6-15(14)13-23(19,20)16-7-12-24(21,22)18-10-8-17(2)9-11-18/h3-6,16H,7-13H2,1-2H3. The average Bonchev–Trinajstić information content (AvgIpc) is 2.49. The molecule has 136 valence electrons. The Kier molecular flexibility index (Phi) is 6.38. The predicted octanol–water partition coefficient (Wildman–Crippen LogP) is -0.00838. The van der Waals surface area contributed by atoms with E-state index >= 15 is 0 Å². The molecule has 1 N–H and O–H groups in total. The lowest BCUT2D eigenvalue weighted by Crippen LogP contribution is -2.48. The first-order chi connectivity index (χ1) is 11.2. The van der Waals surface area contributed by atoms with Crippen molar-refractivity contribution in [2.45, 2.75) is 12.7 Å². The third kappa shape index (κ3) is 5.52. The fourth-order valence-corrected chi connectivity index (χ4v) is 5.26. The molecule has 7 nitrogen and oxygen atoms in total.